The number of hydrogen-bond acceptors (Lipinski definition) is 2. The molecule has 0 aromatic heterocycles. The number of carbonyl (C=O) groups is 1. The van der Waals surface area contributed by atoms with Gasteiger partial charge < -0.3 is 5.11 Å². The lowest BCUT2D eigenvalue weighted by atomic mass is 9.47. The summed E-state index contributed by atoms with van der Waals surface area (Å²) in [6.45, 7) is 2.54. The van der Waals surface area contributed by atoms with Crippen molar-refractivity contribution in [3.8, 4) is 0 Å². The molecule has 0 unspecified atom stereocenters. The first-order chi connectivity index (χ1) is 10.1. The van der Waals surface area contributed by atoms with Crippen molar-refractivity contribution < 1.29 is 9.90 Å². The first kappa shape index (κ1) is 14.0. The molecule has 0 aromatic carbocycles. The molecule has 1 N–H and O–H groups in total. The Labute approximate surface area is 128 Å². The SMILES string of the molecule is C[C@@]12CCC[C@H]1[C@@H]1CCC3=CCCC(=O)[C@]3(CO)[C@H]1CC2. The number of aliphatic hydroxyl groups is 1. The Morgan fingerprint density at radius 3 is 2.86 bits per heavy atom. The van der Waals surface area contributed by atoms with Crippen molar-refractivity contribution in [3.63, 3.8) is 0 Å². The maximum atomic E-state index is 12.8. The van der Waals surface area contributed by atoms with Crippen LogP contribution in [0.1, 0.15) is 64.7 Å². The molecule has 0 aliphatic heterocycles. The number of ketones is 1. The molecule has 0 radical (unpaired) electrons. The lowest BCUT2D eigenvalue weighted by molar-refractivity contribution is -0.142. The van der Waals surface area contributed by atoms with Crippen LogP contribution in [0, 0.1) is 28.6 Å². The molecule has 5 atom stereocenters. The van der Waals surface area contributed by atoms with Crippen molar-refractivity contribution in [1.82, 2.24) is 0 Å². The van der Waals surface area contributed by atoms with Crippen LogP contribution < -0.4 is 0 Å². The second-order valence-electron chi connectivity index (χ2n) is 8.32. The third kappa shape index (κ3) is 1.72. The van der Waals surface area contributed by atoms with Crippen LogP contribution in [0.15, 0.2) is 11.6 Å². The van der Waals surface area contributed by atoms with E-state index in [2.05, 4.69) is 13.0 Å². The number of Topliss-reactive ketones (excluding diaryl/α,β-unsaturated/α-hetero) is 1. The van der Waals surface area contributed by atoms with Crippen molar-refractivity contribution >= 4 is 5.78 Å². The number of carbonyl (C=O) groups excluding carboxylic acids is 1. The van der Waals surface area contributed by atoms with Gasteiger partial charge in [0.2, 0.25) is 0 Å². The van der Waals surface area contributed by atoms with Crippen molar-refractivity contribution in [3.05, 3.63) is 11.6 Å². The molecular weight excluding hydrogens is 260 g/mol. The number of fused-ring (bicyclic) bond motifs is 5. The van der Waals surface area contributed by atoms with Gasteiger partial charge in [-0.2, -0.15) is 0 Å². The summed E-state index contributed by atoms with van der Waals surface area (Å²) < 4.78 is 0. The molecular formula is C19H28O2. The van der Waals surface area contributed by atoms with Gasteiger partial charge in [0.25, 0.3) is 0 Å². The van der Waals surface area contributed by atoms with Crippen LogP contribution in [0.5, 0.6) is 0 Å². The van der Waals surface area contributed by atoms with Gasteiger partial charge in [0.1, 0.15) is 5.78 Å². The molecule has 116 valence electrons. The standard InChI is InChI=1S/C19H28O2/c1-18-10-3-5-15(18)14-8-7-13-4-2-6-17(21)19(13,12-20)16(14)9-11-18/h4,14-16,20H,2-3,5-12H2,1H3/t14-,15-,16-,18-,19-/m0/s1. The van der Waals surface area contributed by atoms with Crippen molar-refractivity contribution in [2.75, 3.05) is 6.61 Å². The fourth-order valence-electron chi connectivity index (χ4n) is 6.66. The fourth-order valence-corrected chi connectivity index (χ4v) is 6.66. The van der Waals surface area contributed by atoms with Gasteiger partial charge in [0.15, 0.2) is 0 Å². The Bertz CT molecular complexity index is 494. The van der Waals surface area contributed by atoms with Gasteiger partial charge in [-0.1, -0.05) is 25.0 Å². The van der Waals surface area contributed by atoms with E-state index in [0.717, 1.165) is 25.2 Å². The molecule has 0 aromatic rings. The molecule has 4 rings (SSSR count). The number of rotatable bonds is 1. The van der Waals surface area contributed by atoms with E-state index in [9.17, 15) is 9.90 Å². The van der Waals surface area contributed by atoms with Gasteiger partial charge in [0.05, 0.1) is 12.0 Å². The normalized spacial score (nSPS) is 49.1. The van der Waals surface area contributed by atoms with E-state index in [1.807, 2.05) is 0 Å². The lowest BCUT2D eigenvalue weighted by Gasteiger charge is -2.57. The minimum Gasteiger partial charge on any atom is -0.395 e. The predicted molar refractivity (Wildman–Crippen MR) is 82.7 cm³/mol. The molecule has 0 saturated heterocycles. The van der Waals surface area contributed by atoms with E-state index < -0.39 is 5.41 Å². The number of allylic oxidation sites excluding steroid dienone is 1. The summed E-state index contributed by atoms with van der Waals surface area (Å²) in [7, 11) is 0. The molecule has 2 nitrogen and oxygen atoms in total. The third-order valence-electron chi connectivity index (χ3n) is 7.68. The molecule has 0 bridgehead atoms. The highest BCUT2D eigenvalue weighted by Gasteiger charge is 2.59. The summed E-state index contributed by atoms with van der Waals surface area (Å²) in [4.78, 5) is 12.8. The maximum Gasteiger partial charge on any atom is 0.145 e. The average Bonchev–Trinajstić information content (AvgIpc) is 2.89. The van der Waals surface area contributed by atoms with Crippen molar-refractivity contribution in [2.24, 2.45) is 28.6 Å². The zero-order valence-corrected chi connectivity index (χ0v) is 13.2. The van der Waals surface area contributed by atoms with E-state index in [-0.39, 0.29) is 6.61 Å². The molecule has 3 saturated carbocycles. The Balaban J connectivity index is 1.75. The zero-order valence-electron chi connectivity index (χ0n) is 13.2. The lowest BCUT2D eigenvalue weighted by Crippen LogP contribution is -2.55. The van der Waals surface area contributed by atoms with Crippen LogP contribution in [0.25, 0.3) is 0 Å². The minimum absolute atomic E-state index is 0.0578. The van der Waals surface area contributed by atoms with E-state index in [1.54, 1.807) is 0 Å². The molecule has 0 spiro atoms. The van der Waals surface area contributed by atoms with Gasteiger partial charge in [-0.3, -0.25) is 4.79 Å². The molecule has 2 heteroatoms. The van der Waals surface area contributed by atoms with E-state index >= 15 is 0 Å². The van der Waals surface area contributed by atoms with E-state index in [0.29, 0.717) is 29.5 Å². The highest BCUT2D eigenvalue weighted by molar-refractivity contribution is 5.90. The highest BCUT2D eigenvalue weighted by atomic mass is 16.3. The molecule has 4 aliphatic rings. The third-order valence-corrected chi connectivity index (χ3v) is 7.68. The summed E-state index contributed by atoms with van der Waals surface area (Å²) in [6.07, 6.45) is 12.7. The molecule has 0 heterocycles. The maximum absolute atomic E-state index is 12.8. The van der Waals surface area contributed by atoms with Crippen LogP contribution in [0.3, 0.4) is 0 Å². The molecule has 4 aliphatic carbocycles. The monoisotopic (exact) mass is 288 g/mol. The van der Waals surface area contributed by atoms with E-state index in [4.69, 9.17) is 0 Å². The Morgan fingerprint density at radius 1 is 1.19 bits per heavy atom. The Kier molecular flexibility index (Phi) is 3.12. The van der Waals surface area contributed by atoms with Crippen molar-refractivity contribution in [1.29, 1.82) is 0 Å². The summed E-state index contributed by atoms with van der Waals surface area (Å²) in [5.41, 5.74) is 1.34. The van der Waals surface area contributed by atoms with Crippen LogP contribution in [-0.2, 0) is 4.79 Å². The Morgan fingerprint density at radius 2 is 2.05 bits per heavy atom. The van der Waals surface area contributed by atoms with E-state index in [1.165, 1.54) is 37.7 Å². The van der Waals surface area contributed by atoms with Crippen LogP contribution in [-0.4, -0.2) is 17.5 Å². The first-order valence-electron chi connectivity index (χ1n) is 8.95. The summed E-state index contributed by atoms with van der Waals surface area (Å²) in [5.74, 6) is 2.25. The first-order valence-corrected chi connectivity index (χ1v) is 8.95. The second kappa shape index (κ2) is 4.68. The molecule has 0 amide bonds. The van der Waals surface area contributed by atoms with Gasteiger partial charge in [-0.15, -0.1) is 0 Å². The number of hydrogen-bond donors (Lipinski definition) is 1. The van der Waals surface area contributed by atoms with Crippen LogP contribution in [0.4, 0.5) is 0 Å². The van der Waals surface area contributed by atoms with Crippen LogP contribution >= 0.6 is 0 Å². The summed E-state index contributed by atoms with van der Waals surface area (Å²) in [5, 5.41) is 10.2. The number of aliphatic hydroxyl groups excluding tert-OH is 1. The largest absolute Gasteiger partial charge is 0.395 e. The molecule has 21 heavy (non-hydrogen) atoms. The van der Waals surface area contributed by atoms with Gasteiger partial charge in [-0.05, 0) is 68.1 Å². The van der Waals surface area contributed by atoms with Crippen LogP contribution in [0.2, 0.25) is 0 Å². The van der Waals surface area contributed by atoms with Crippen molar-refractivity contribution in [2.45, 2.75) is 64.7 Å². The quantitative estimate of drug-likeness (QED) is 0.743. The van der Waals surface area contributed by atoms with Gasteiger partial charge in [-0.25, -0.2) is 0 Å². The topological polar surface area (TPSA) is 37.3 Å². The smallest absolute Gasteiger partial charge is 0.145 e. The Hall–Kier alpha value is -0.630. The minimum atomic E-state index is -0.481. The summed E-state index contributed by atoms with van der Waals surface area (Å²) >= 11 is 0. The summed E-state index contributed by atoms with van der Waals surface area (Å²) in [6, 6.07) is 0. The van der Waals surface area contributed by atoms with Gasteiger partial charge >= 0.3 is 0 Å². The van der Waals surface area contributed by atoms with Gasteiger partial charge in [0, 0.05) is 6.42 Å². The molecule has 3 fully saturated rings. The second-order valence-corrected chi connectivity index (χ2v) is 8.32. The highest BCUT2D eigenvalue weighted by Crippen LogP contribution is 2.64. The predicted octanol–water partition coefficient (Wildman–Crippen LogP) is 3.88. The zero-order chi connectivity index (χ0) is 14.7. The average molecular weight is 288 g/mol. The fraction of sp³-hybridized carbons (Fsp3) is 0.842.